The molecule has 0 saturated carbocycles. The molecule has 2 heterocycles. The Morgan fingerprint density at radius 3 is 2.61 bits per heavy atom. The quantitative estimate of drug-likeness (QED) is 0.666. The van der Waals surface area contributed by atoms with Gasteiger partial charge in [0.15, 0.2) is 11.5 Å². The summed E-state index contributed by atoms with van der Waals surface area (Å²) in [4.78, 5) is 27.4. The number of nitrogens with one attached hydrogen (secondary N) is 1. The summed E-state index contributed by atoms with van der Waals surface area (Å²) in [5, 5.41) is 3.80. The van der Waals surface area contributed by atoms with Crippen molar-refractivity contribution in [2.45, 2.75) is 24.7 Å². The first-order valence-corrected chi connectivity index (χ1v) is 11.5. The molecule has 2 aromatic rings. The van der Waals surface area contributed by atoms with E-state index < -0.39 is 5.92 Å². The van der Waals surface area contributed by atoms with Gasteiger partial charge in [0.05, 0.1) is 20.1 Å². The number of benzene rings is 2. The maximum absolute atomic E-state index is 13.1. The molecule has 2 fully saturated rings. The van der Waals surface area contributed by atoms with Crippen LogP contribution in [0.5, 0.6) is 11.5 Å². The van der Waals surface area contributed by atoms with E-state index in [9.17, 15) is 9.59 Å². The fraction of sp³-hybridized carbons (Fsp3) is 0.440. The van der Waals surface area contributed by atoms with E-state index in [2.05, 4.69) is 11.4 Å². The lowest BCUT2D eigenvalue weighted by molar-refractivity contribution is -0.126. The van der Waals surface area contributed by atoms with Gasteiger partial charge in [-0.1, -0.05) is 23.7 Å². The Labute approximate surface area is 198 Å². The number of hydrogen-bond donors (Lipinski definition) is 1. The second-order valence-electron chi connectivity index (χ2n) is 8.57. The van der Waals surface area contributed by atoms with Gasteiger partial charge < -0.3 is 24.4 Å². The summed E-state index contributed by atoms with van der Waals surface area (Å²) in [6.07, 6.45) is 1.78. The van der Waals surface area contributed by atoms with Gasteiger partial charge in [0, 0.05) is 54.9 Å². The van der Waals surface area contributed by atoms with Gasteiger partial charge >= 0.3 is 0 Å². The number of ether oxygens (including phenoxy) is 3. The van der Waals surface area contributed by atoms with Crippen LogP contribution in [-0.4, -0.2) is 52.3 Å². The normalized spacial score (nSPS) is 19.9. The maximum Gasteiger partial charge on any atom is 0.227 e. The molecule has 2 aromatic carbocycles. The third-order valence-corrected chi connectivity index (χ3v) is 6.90. The molecule has 2 saturated heterocycles. The van der Waals surface area contributed by atoms with Crippen LogP contribution in [0.25, 0.3) is 0 Å². The number of methoxy groups -OCH3 is 2. The number of carbonyl (C=O) groups is 2. The van der Waals surface area contributed by atoms with Crippen LogP contribution in [-0.2, 0) is 19.7 Å². The van der Waals surface area contributed by atoms with E-state index in [1.165, 1.54) is 0 Å². The molecular formula is C25H29ClN2O5. The highest BCUT2D eigenvalue weighted by molar-refractivity contribution is 6.30. The Morgan fingerprint density at radius 2 is 1.91 bits per heavy atom. The van der Waals surface area contributed by atoms with E-state index in [4.69, 9.17) is 25.8 Å². The topological polar surface area (TPSA) is 77.1 Å². The first-order chi connectivity index (χ1) is 16.0. The molecule has 2 aliphatic heterocycles. The Bertz CT molecular complexity index is 1020. The van der Waals surface area contributed by atoms with Gasteiger partial charge in [0.25, 0.3) is 0 Å². The summed E-state index contributed by atoms with van der Waals surface area (Å²) in [5.41, 5.74) is 1.56. The highest BCUT2D eigenvalue weighted by Gasteiger charge is 2.38. The molecule has 7 nitrogen and oxygen atoms in total. The molecule has 4 rings (SSSR count). The molecule has 1 atom stereocenters. The van der Waals surface area contributed by atoms with Crippen LogP contribution >= 0.6 is 11.6 Å². The Morgan fingerprint density at radius 1 is 1.15 bits per heavy atom. The van der Waals surface area contributed by atoms with Crippen molar-refractivity contribution in [1.82, 2.24) is 5.32 Å². The van der Waals surface area contributed by atoms with Gasteiger partial charge in [-0.2, -0.15) is 0 Å². The molecule has 0 spiro atoms. The average molecular weight is 473 g/mol. The van der Waals surface area contributed by atoms with Crippen molar-refractivity contribution in [2.75, 3.05) is 45.4 Å². The van der Waals surface area contributed by atoms with Gasteiger partial charge in [0.1, 0.15) is 0 Å². The predicted molar refractivity (Wildman–Crippen MR) is 126 cm³/mol. The van der Waals surface area contributed by atoms with Crippen molar-refractivity contribution < 1.29 is 23.8 Å². The van der Waals surface area contributed by atoms with E-state index >= 15 is 0 Å². The standard InChI is InChI=1S/C25H29ClN2O5/c1-31-21-7-6-20(14-22(21)32-2)28-15-17(12-23(28)29)24(30)27-16-25(8-10-33-11-9-25)18-4-3-5-19(26)13-18/h3-7,13-14,17H,8-12,15-16H2,1-2H3,(H,27,30). The molecule has 33 heavy (non-hydrogen) atoms. The summed E-state index contributed by atoms with van der Waals surface area (Å²) < 4.78 is 16.2. The zero-order valence-electron chi connectivity index (χ0n) is 18.9. The predicted octanol–water partition coefficient (Wildman–Crippen LogP) is 3.57. The molecule has 0 radical (unpaired) electrons. The van der Waals surface area contributed by atoms with Gasteiger partial charge in [-0.25, -0.2) is 0 Å². The van der Waals surface area contributed by atoms with Gasteiger partial charge in [-0.05, 0) is 42.7 Å². The van der Waals surface area contributed by atoms with E-state index in [0.717, 1.165) is 18.4 Å². The summed E-state index contributed by atoms with van der Waals surface area (Å²) in [7, 11) is 3.11. The van der Waals surface area contributed by atoms with Crippen molar-refractivity contribution in [3.05, 3.63) is 53.1 Å². The van der Waals surface area contributed by atoms with Crippen molar-refractivity contribution >= 4 is 29.1 Å². The largest absolute Gasteiger partial charge is 0.493 e. The molecule has 2 aliphatic rings. The lowest BCUT2D eigenvalue weighted by atomic mass is 9.74. The average Bonchev–Trinajstić information content (AvgIpc) is 3.24. The number of hydrogen-bond acceptors (Lipinski definition) is 5. The number of rotatable bonds is 7. The number of halogens is 1. The fourth-order valence-electron chi connectivity index (χ4n) is 4.67. The summed E-state index contributed by atoms with van der Waals surface area (Å²) in [6, 6.07) is 13.1. The lowest BCUT2D eigenvalue weighted by Gasteiger charge is -2.38. The Kier molecular flexibility index (Phi) is 7.10. The van der Waals surface area contributed by atoms with Crippen LogP contribution in [0.1, 0.15) is 24.8 Å². The van der Waals surface area contributed by atoms with Gasteiger partial charge in [-0.3, -0.25) is 9.59 Å². The first kappa shape index (κ1) is 23.4. The molecule has 1 unspecified atom stereocenters. The molecule has 0 aromatic heterocycles. The lowest BCUT2D eigenvalue weighted by Crippen LogP contribution is -2.46. The van der Waals surface area contributed by atoms with E-state index in [0.29, 0.717) is 48.5 Å². The minimum Gasteiger partial charge on any atom is -0.493 e. The van der Waals surface area contributed by atoms with E-state index in [-0.39, 0.29) is 23.7 Å². The third kappa shape index (κ3) is 4.94. The van der Waals surface area contributed by atoms with Crippen LogP contribution in [0, 0.1) is 5.92 Å². The van der Waals surface area contributed by atoms with Gasteiger partial charge in [-0.15, -0.1) is 0 Å². The third-order valence-electron chi connectivity index (χ3n) is 6.66. The second-order valence-corrected chi connectivity index (χ2v) is 9.00. The highest BCUT2D eigenvalue weighted by Crippen LogP contribution is 2.36. The zero-order valence-corrected chi connectivity index (χ0v) is 19.7. The summed E-state index contributed by atoms with van der Waals surface area (Å²) in [5.74, 6) is 0.516. The van der Waals surface area contributed by atoms with E-state index in [1.54, 1.807) is 37.3 Å². The van der Waals surface area contributed by atoms with Crippen LogP contribution in [0.2, 0.25) is 5.02 Å². The SMILES string of the molecule is COc1ccc(N2CC(C(=O)NCC3(c4cccc(Cl)c4)CCOCC3)CC2=O)cc1OC. The summed E-state index contributed by atoms with van der Waals surface area (Å²) >= 11 is 6.24. The molecule has 176 valence electrons. The fourth-order valence-corrected chi connectivity index (χ4v) is 4.86. The molecule has 0 aliphatic carbocycles. The van der Waals surface area contributed by atoms with Crippen molar-refractivity contribution in [1.29, 1.82) is 0 Å². The molecule has 0 bridgehead atoms. The van der Waals surface area contributed by atoms with Crippen molar-refractivity contribution in [3.8, 4) is 11.5 Å². The van der Waals surface area contributed by atoms with Crippen molar-refractivity contribution in [3.63, 3.8) is 0 Å². The Hall–Kier alpha value is -2.77. The highest BCUT2D eigenvalue weighted by atomic mass is 35.5. The smallest absolute Gasteiger partial charge is 0.227 e. The second kappa shape index (κ2) is 10.0. The molecule has 1 N–H and O–H groups in total. The maximum atomic E-state index is 13.1. The minimum absolute atomic E-state index is 0.0852. The zero-order chi connectivity index (χ0) is 23.4. The van der Waals surface area contributed by atoms with Crippen LogP contribution in [0.15, 0.2) is 42.5 Å². The number of carbonyl (C=O) groups excluding carboxylic acids is 2. The number of anilines is 1. The van der Waals surface area contributed by atoms with Crippen LogP contribution in [0.3, 0.4) is 0 Å². The minimum atomic E-state index is -0.415. The Balaban J connectivity index is 1.45. The number of amides is 2. The monoisotopic (exact) mass is 472 g/mol. The summed E-state index contributed by atoms with van der Waals surface area (Å²) in [6.45, 7) is 2.08. The van der Waals surface area contributed by atoms with Crippen molar-refractivity contribution in [2.24, 2.45) is 5.92 Å². The first-order valence-electron chi connectivity index (χ1n) is 11.1. The van der Waals surface area contributed by atoms with Crippen LogP contribution < -0.4 is 19.7 Å². The molecule has 2 amide bonds. The van der Waals surface area contributed by atoms with Crippen LogP contribution in [0.4, 0.5) is 5.69 Å². The van der Waals surface area contributed by atoms with Gasteiger partial charge in [0.2, 0.25) is 11.8 Å². The molecular weight excluding hydrogens is 444 g/mol. The molecule has 8 heteroatoms. The number of nitrogens with zero attached hydrogens (tertiary/aromatic N) is 1. The van der Waals surface area contributed by atoms with E-state index in [1.807, 2.05) is 18.2 Å².